The van der Waals surface area contributed by atoms with Gasteiger partial charge < -0.3 is 0 Å². The first-order valence-corrected chi connectivity index (χ1v) is 7.36. The minimum atomic E-state index is -4.76. The Balaban J connectivity index is 2.31. The van der Waals surface area contributed by atoms with Crippen LogP contribution in [0, 0.1) is 17.8 Å². The molecule has 2 aliphatic carbocycles. The van der Waals surface area contributed by atoms with Gasteiger partial charge in [-0.05, 0) is 44.9 Å². The van der Waals surface area contributed by atoms with Crippen molar-refractivity contribution in [3.8, 4) is 0 Å². The van der Waals surface area contributed by atoms with Crippen LogP contribution in [0.4, 0.5) is 8.78 Å². The molecule has 0 aliphatic heterocycles. The van der Waals surface area contributed by atoms with Crippen LogP contribution in [0.1, 0.15) is 39.5 Å². The zero-order chi connectivity index (χ0) is 13.1. The van der Waals surface area contributed by atoms with Gasteiger partial charge in [0.05, 0.1) is 0 Å². The average Bonchev–Trinajstić information content (AvgIpc) is 2.76. The zero-order valence-corrected chi connectivity index (χ0v) is 10.8. The molecule has 0 radical (unpaired) electrons. The van der Waals surface area contributed by atoms with Crippen LogP contribution < -0.4 is 0 Å². The third-order valence-corrected chi connectivity index (χ3v) is 6.21. The molecule has 2 fully saturated rings. The largest absolute Gasteiger partial charge is 0.285 e. The maximum atomic E-state index is 14.3. The van der Waals surface area contributed by atoms with Gasteiger partial charge in [0.25, 0.3) is 16.0 Å². The Hall–Kier alpha value is -0.230. The van der Waals surface area contributed by atoms with Gasteiger partial charge in [-0.15, -0.1) is 0 Å². The summed E-state index contributed by atoms with van der Waals surface area (Å²) in [5.41, 5.74) is 0. The second kappa shape index (κ2) is 3.63. The maximum Gasteiger partial charge on any atom is 0.276 e. The summed E-state index contributed by atoms with van der Waals surface area (Å²) in [5, 5.41) is 0. The molecule has 1 N–H and O–H groups in total. The third kappa shape index (κ3) is 1.80. The van der Waals surface area contributed by atoms with Crippen LogP contribution in [0.3, 0.4) is 0 Å². The van der Waals surface area contributed by atoms with Crippen molar-refractivity contribution in [1.82, 2.24) is 0 Å². The van der Waals surface area contributed by atoms with Crippen molar-refractivity contribution < 1.29 is 21.8 Å². The molecule has 2 aliphatic rings. The van der Waals surface area contributed by atoms with E-state index in [0.717, 1.165) is 33.1 Å². The Kier molecular flexibility index (Phi) is 2.82. The quantitative estimate of drug-likeness (QED) is 0.801. The van der Waals surface area contributed by atoms with E-state index < -0.39 is 26.7 Å². The van der Waals surface area contributed by atoms with E-state index in [1.54, 1.807) is 0 Å². The van der Waals surface area contributed by atoms with Gasteiger partial charge in [-0.2, -0.15) is 8.42 Å². The Morgan fingerprint density at radius 2 is 1.76 bits per heavy atom. The Bertz CT molecular complexity index is 416. The molecule has 2 rings (SSSR count). The van der Waals surface area contributed by atoms with E-state index >= 15 is 0 Å². The van der Waals surface area contributed by atoms with Crippen molar-refractivity contribution in [1.29, 1.82) is 0 Å². The highest BCUT2D eigenvalue weighted by atomic mass is 32.2. The second-order valence-corrected chi connectivity index (χ2v) is 7.86. The summed E-state index contributed by atoms with van der Waals surface area (Å²) in [6.07, 6.45) is 2.90. The summed E-state index contributed by atoms with van der Waals surface area (Å²) < 4.78 is 57.5. The van der Waals surface area contributed by atoms with Gasteiger partial charge in [0.2, 0.25) is 0 Å². The van der Waals surface area contributed by atoms with Gasteiger partial charge in [-0.1, -0.05) is 6.42 Å². The molecule has 17 heavy (non-hydrogen) atoms. The van der Waals surface area contributed by atoms with Gasteiger partial charge in [0.1, 0.15) is 0 Å². The summed E-state index contributed by atoms with van der Waals surface area (Å²) >= 11 is 0. The van der Waals surface area contributed by atoms with E-state index in [1.165, 1.54) is 0 Å². The van der Waals surface area contributed by atoms with Crippen LogP contribution >= 0.6 is 0 Å². The summed E-state index contributed by atoms with van der Waals surface area (Å²) in [5.74, 6) is -4.05. The van der Waals surface area contributed by atoms with Crippen molar-refractivity contribution >= 4 is 10.1 Å². The van der Waals surface area contributed by atoms with Crippen LogP contribution in [0.5, 0.6) is 0 Å². The summed E-state index contributed by atoms with van der Waals surface area (Å²) in [6, 6.07) is 0. The molecule has 0 aromatic carbocycles. The van der Waals surface area contributed by atoms with Crippen LogP contribution in [-0.4, -0.2) is 23.6 Å². The molecular formula is C11H18F2O3S. The smallest absolute Gasteiger partial charge is 0.276 e. The van der Waals surface area contributed by atoms with Gasteiger partial charge in [-0.25, -0.2) is 8.78 Å². The number of alkyl halides is 2. The molecule has 0 spiro atoms. The lowest BCUT2D eigenvalue weighted by Crippen LogP contribution is -2.54. The second-order valence-electron chi connectivity index (χ2n) is 5.89. The fraction of sp³-hybridized carbons (Fsp3) is 1.00. The van der Waals surface area contributed by atoms with Crippen LogP contribution in [-0.2, 0) is 10.1 Å². The van der Waals surface area contributed by atoms with Gasteiger partial charge in [0, 0.05) is 5.92 Å². The molecule has 0 aromatic rings. The molecule has 0 aromatic heterocycles. The topological polar surface area (TPSA) is 54.4 Å². The molecule has 6 heteroatoms. The molecule has 100 valence electrons. The Morgan fingerprint density at radius 3 is 2.12 bits per heavy atom. The van der Waals surface area contributed by atoms with E-state index in [1.807, 2.05) is 0 Å². The zero-order valence-electron chi connectivity index (χ0n) is 9.99. The third-order valence-electron chi connectivity index (χ3n) is 4.65. The van der Waals surface area contributed by atoms with Crippen molar-refractivity contribution in [2.75, 3.05) is 0 Å². The first-order valence-electron chi connectivity index (χ1n) is 5.92. The minimum absolute atomic E-state index is 0.0870. The molecule has 3 nitrogen and oxygen atoms in total. The summed E-state index contributed by atoms with van der Waals surface area (Å²) in [6.45, 7) is 1.82. The predicted octanol–water partition coefficient (Wildman–Crippen LogP) is 2.72. The van der Waals surface area contributed by atoms with E-state index in [2.05, 4.69) is 0 Å². The lowest BCUT2D eigenvalue weighted by molar-refractivity contribution is -0.105. The standard InChI is InChI=1S/C11H18F2O3S/c1-10(2,17(14,15)16)11(12,13)9-6-7-3-4-8(9)5-7/h7-9H,3-6H2,1-2H3,(H,14,15,16). The highest BCUT2D eigenvalue weighted by Gasteiger charge is 2.63. The van der Waals surface area contributed by atoms with E-state index in [4.69, 9.17) is 4.55 Å². The van der Waals surface area contributed by atoms with Crippen LogP contribution in [0.2, 0.25) is 0 Å². The van der Waals surface area contributed by atoms with Gasteiger partial charge in [0.15, 0.2) is 4.75 Å². The van der Waals surface area contributed by atoms with Gasteiger partial charge in [-0.3, -0.25) is 4.55 Å². The van der Waals surface area contributed by atoms with Crippen molar-refractivity contribution in [3.63, 3.8) is 0 Å². The molecular weight excluding hydrogens is 250 g/mol. The molecule has 2 saturated carbocycles. The first-order chi connectivity index (χ1) is 7.57. The summed E-state index contributed by atoms with van der Waals surface area (Å²) in [4.78, 5) is 0. The summed E-state index contributed by atoms with van der Waals surface area (Å²) in [7, 11) is -4.76. The first kappa shape index (κ1) is 13.2. The van der Waals surface area contributed by atoms with Gasteiger partial charge >= 0.3 is 0 Å². The number of halogens is 2. The highest BCUT2D eigenvalue weighted by molar-refractivity contribution is 7.87. The number of hydrogen-bond donors (Lipinski definition) is 1. The van der Waals surface area contributed by atoms with E-state index in [-0.39, 0.29) is 5.92 Å². The number of hydrogen-bond acceptors (Lipinski definition) is 2. The highest BCUT2D eigenvalue weighted by Crippen LogP contribution is 2.57. The van der Waals surface area contributed by atoms with Crippen molar-refractivity contribution in [2.45, 2.75) is 50.2 Å². The van der Waals surface area contributed by atoms with Crippen LogP contribution in [0.25, 0.3) is 0 Å². The number of fused-ring (bicyclic) bond motifs is 2. The molecule has 0 amide bonds. The SMILES string of the molecule is CC(C)(C(F)(F)C1CC2CCC1C2)S(=O)(=O)O. The fourth-order valence-electron chi connectivity index (χ4n) is 3.31. The average molecular weight is 268 g/mol. The fourth-order valence-corrected chi connectivity index (χ4v) is 3.80. The maximum absolute atomic E-state index is 14.3. The number of rotatable bonds is 3. The molecule has 3 unspecified atom stereocenters. The predicted molar refractivity (Wildman–Crippen MR) is 59.5 cm³/mol. The van der Waals surface area contributed by atoms with E-state index in [9.17, 15) is 17.2 Å². The lowest BCUT2D eigenvalue weighted by Gasteiger charge is -2.38. The molecule has 2 bridgehead atoms. The van der Waals surface area contributed by atoms with Crippen LogP contribution in [0.15, 0.2) is 0 Å². The van der Waals surface area contributed by atoms with Crippen molar-refractivity contribution in [3.05, 3.63) is 0 Å². The van der Waals surface area contributed by atoms with Crippen molar-refractivity contribution in [2.24, 2.45) is 17.8 Å². The van der Waals surface area contributed by atoms with E-state index in [0.29, 0.717) is 12.3 Å². The minimum Gasteiger partial charge on any atom is -0.285 e. The monoisotopic (exact) mass is 268 g/mol. The Labute approximate surface area is 100 Å². The normalized spacial score (nSPS) is 34.3. The lowest BCUT2D eigenvalue weighted by atomic mass is 9.79. The molecule has 0 saturated heterocycles. The molecule has 3 atom stereocenters. The molecule has 0 heterocycles. The Morgan fingerprint density at radius 1 is 1.18 bits per heavy atom.